The minimum atomic E-state index is -0.318. The largest absolute Gasteiger partial charge is 0.497 e. The van der Waals surface area contributed by atoms with E-state index in [-0.39, 0.29) is 42.9 Å². The maximum atomic E-state index is 11.8. The Hall–Kier alpha value is -3.11. The van der Waals surface area contributed by atoms with Crippen molar-refractivity contribution < 1.29 is 23.7 Å². The van der Waals surface area contributed by atoms with Gasteiger partial charge in [0.25, 0.3) is 0 Å². The first-order chi connectivity index (χ1) is 13.5. The van der Waals surface area contributed by atoms with Gasteiger partial charge in [-0.2, -0.15) is 0 Å². The van der Waals surface area contributed by atoms with E-state index in [9.17, 15) is 9.59 Å². The molecule has 3 rings (SSSR count). The van der Waals surface area contributed by atoms with Gasteiger partial charge in [-0.3, -0.25) is 9.59 Å². The van der Waals surface area contributed by atoms with Gasteiger partial charge in [-0.25, -0.2) is 4.85 Å². The monoisotopic (exact) mass is 377 g/mol. The average molecular weight is 377 g/mol. The Kier molecular flexibility index (Phi) is 6.12. The topological polar surface area (TPSA) is 66.2 Å². The molecular weight excluding hydrogens is 357 g/mol. The van der Waals surface area contributed by atoms with Gasteiger partial charge in [-0.05, 0) is 35.3 Å². The lowest BCUT2D eigenvalue weighted by molar-refractivity contribution is -0.128. The summed E-state index contributed by atoms with van der Waals surface area (Å²) in [6, 6.07) is 10.6. The summed E-state index contributed by atoms with van der Waals surface area (Å²) in [6.07, 6.45) is 0.155. The van der Waals surface area contributed by atoms with Gasteiger partial charge in [-0.15, -0.1) is 0 Å². The Morgan fingerprint density at radius 2 is 1.93 bits per heavy atom. The zero-order valence-corrected chi connectivity index (χ0v) is 15.9. The predicted molar refractivity (Wildman–Crippen MR) is 106 cm³/mol. The molecule has 2 aromatic carbocycles. The average Bonchev–Trinajstić information content (AvgIpc) is 3.06. The summed E-state index contributed by atoms with van der Waals surface area (Å²) in [5.41, 5.74) is 2.52. The summed E-state index contributed by atoms with van der Waals surface area (Å²) in [7, 11) is 0. The molecule has 0 fully saturated rings. The first-order valence-corrected chi connectivity index (χ1v) is 9.10. The molecule has 142 valence electrons. The molecule has 0 saturated heterocycles. The normalized spacial score (nSPS) is 12.2. The number of fused-ring (bicyclic) bond motifs is 1. The summed E-state index contributed by atoms with van der Waals surface area (Å²) >= 11 is 0. The van der Waals surface area contributed by atoms with Crippen molar-refractivity contribution in [2.75, 3.05) is 6.61 Å². The summed E-state index contributed by atoms with van der Waals surface area (Å²) in [4.78, 5) is 26.6. The zero-order chi connectivity index (χ0) is 20.1. The second-order valence-electron chi connectivity index (χ2n) is 6.55. The Bertz CT molecular complexity index is 950. The molecule has 0 aliphatic carbocycles. The van der Waals surface area contributed by atoms with E-state index in [1.54, 1.807) is 25.1 Å². The maximum absolute atomic E-state index is 11.8. The number of ether oxygens (including phenoxy) is 2. The van der Waals surface area contributed by atoms with Gasteiger partial charge in [-0.1, -0.05) is 19.8 Å². The molecule has 0 aromatic heterocycles. The molecule has 0 spiro atoms. The molecule has 0 radical (unpaired) electrons. The van der Waals surface area contributed by atoms with Gasteiger partial charge in [0.2, 0.25) is 5.69 Å². The highest BCUT2D eigenvalue weighted by atomic mass is 16.5. The summed E-state index contributed by atoms with van der Waals surface area (Å²) < 4.78 is 17.0. The third-order valence-corrected chi connectivity index (χ3v) is 4.51. The van der Waals surface area contributed by atoms with Crippen LogP contribution in [0.1, 0.15) is 25.3 Å². The van der Waals surface area contributed by atoms with Crippen LogP contribution in [-0.4, -0.2) is 25.1 Å². The van der Waals surface area contributed by atoms with Crippen LogP contribution in [0.25, 0.3) is 4.85 Å². The zero-order valence-electron chi connectivity index (χ0n) is 15.9. The maximum Gasteiger partial charge on any atom is 0.324 e. The van der Waals surface area contributed by atoms with E-state index >= 15 is 0 Å². The fourth-order valence-electron chi connectivity index (χ4n) is 2.93. The van der Waals surface area contributed by atoms with Crippen molar-refractivity contribution in [2.45, 2.75) is 33.2 Å². The van der Waals surface area contributed by atoms with E-state index in [4.69, 9.17) is 20.7 Å². The molecule has 0 bridgehead atoms. The van der Waals surface area contributed by atoms with E-state index in [0.717, 1.165) is 11.0 Å². The third-order valence-electron chi connectivity index (χ3n) is 4.51. The molecule has 0 N–H and O–H groups in total. The second-order valence-corrected chi connectivity index (χ2v) is 6.55. The summed E-state index contributed by atoms with van der Waals surface area (Å²) in [5.74, 6) is 0.949. The van der Waals surface area contributed by atoms with Crippen LogP contribution in [0, 0.1) is 6.57 Å². The first-order valence-electron chi connectivity index (χ1n) is 9.10. The van der Waals surface area contributed by atoms with Crippen LogP contribution in [0.5, 0.6) is 17.2 Å². The Morgan fingerprint density at radius 3 is 2.68 bits per heavy atom. The van der Waals surface area contributed by atoms with Crippen LogP contribution in [0.3, 0.4) is 0 Å². The standard InChI is InChI=1S/C21H20BNO5/c1-4-15(24)10-16(25)13-26-21-11-18(6-8-20(21)23-3)28-17-5-7-19-14(9-17)12-27-22(19)2/h5-9,11H,4,10,12-13H2,1-2H3. The van der Waals surface area contributed by atoms with Crippen LogP contribution in [-0.2, 0) is 20.9 Å². The highest BCUT2D eigenvalue weighted by molar-refractivity contribution is 6.67. The number of Topliss-reactive ketones (excluding diaryl/α,β-unsaturated/α-hetero) is 2. The third kappa shape index (κ3) is 4.59. The van der Waals surface area contributed by atoms with Crippen molar-refractivity contribution in [3.8, 4) is 17.2 Å². The van der Waals surface area contributed by atoms with Crippen LogP contribution < -0.4 is 14.9 Å². The summed E-state index contributed by atoms with van der Waals surface area (Å²) in [6.45, 7) is 11.4. The molecule has 28 heavy (non-hydrogen) atoms. The molecule has 1 heterocycles. The van der Waals surface area contributed by atoms with E-state index in [1.165, 1.54) is 0 Å². The number of carbonyl (C=O) groups is 2. The lowest BCUT2D eigenvalue weighted by Crippen LogP contribution is -2.23. The van der Waals surface area contributed by atoms with Crippen LogP contribution in [0.15, 0.2) is 36.4 Å². The van der Waals surface area contributed by atoms with E-state index in [0.29, 0.717) is 24.5 Å². The molecular formula is C21H20BNO5. The van der Waals surface area contributed by atoms with Crippen molar-refractivity contribution in [1.29, 1.82) is 0 Å². The smallest absolute Gasteiger partial charge is 0.324 e. The van der Waals surface area contributed by atoms with Crippen LogP contribution >= 0.6 is 0 Å². The van der Waals surface area contributed by atoms with Gasteiger partial charge in [0.15, 0.2) is 5.78 Å². The lowest BCUT2D eigenvalue weighted by Gasteiger charge is -2.11. The quantitative estimate of drug-likeness (QED) is 0.399. The molecule has 1 aliphatic heterocycles. The van der Waals surface area contributed by atoms with Crippen molar-refractivity contribution in [2.24, 2.45) is 0 Å². The van der Waals surface area contributed by atoms with Crippen molar-refractivity contribution >= 4 is 29.6 Å². The molecule has 0 amide bonds. The molecule has 1 aliphatic rings. The fraction of sp³-hybridized carbons (Fsp3) is 0.286. The first kappa shape index (κ1) is 19.7. The van der Waals surface area contributed by atoms with Gasteiger partial charge >= 0.3 is 6.92 Å². The van der Waals surface area contributed by atoms with Crippen LogP contribution in [0.2, 0.25) is 6.82 Å². The van der Waals surface area contributed by atoms with E-state index < -0.39 is 0 Å². The number of benzene rings is 2. The Balaban J connectivity index is 1.71. The fourth-order valence-corrected chi connectivity index (χ4v) is 2.93. The molecule has 2 aromatic rings. The SMILES string of the molecule is [C-]#[N+]c1ccc(Oc2ccc3c(c2)COB3C)cc1OCC(=O)CC(=O)CC. The van der Waals surface area contributed by atoms with Crippen molar-refractivity contribution in [3.05, 3.63) is 53.4 Å². The lowest BCUT2D eigenvalue weighted by atomic mass is 9.64. The molecule has 6 nitrogen and oxygen atoms in total. The number of ketones is 2. The number of hydrogen-bond donors (Lipinski definition) is 0. The molecule has 7 heteroatoms. The van der Waals surface area contributed by atoms with Gasteiger partial charge in [0, 0.05) is 12.5 Å². The molecule has 0 atom stereocenters. The molecule has 0 unspecified atom stereocenters. The van der Waals surface area contributed by atoms with Crippen molar-refractivity contribution in [3.63, 3.8) is 0 Å². The highest BCUT2D eigenvalue weighted by Gasteiger charge is 2.23. The van der Waals surface area contributed by atoms with Gasteiger partial charge in [0.05, 0.1) is 19.6 Å². The summed E-state index contributed by atoms with van der Waals surface area (Å²) in [5, 5.41) is 0. The Labute approximate surface area is 164 Å². The minimum Gasteiger partial charge on any atom is -0.497 e. The number of carbonyl (C=O) groups excluding carboxylic acids is 2. The number of hydrogen-bond acceptors (Lipinski definition) is 5. The van der Waals surface area contributed by atoms with E-state index in [2.05, 4.69) is 4.85 Å². The molecule has 0 saturated carbocycles. The second kappa shape index (κ2) is 8.72. The predicted octanol–water partition coefficient (Wildman–Crippen LogP) is 3.71. The van der Waals surface area contributed by atoms with Crippen LogP contribution in [0.4, 0.5) is 5.69 Å². The van der Waals surface area contributed by atoms with Gasteiger partial charge in [0.1, 0.15) is 29.6 Å². The number of rotatable bonds is 8. The number of nitrogens with zero attached hydrogens (tertiary/aromatic N) is 1. The van der Waals surface area contributed by atoms with E-state index in [1.807, 2.05) is 25.0 Å². The highest BCUT2D eigenvalue weighted by Crippen LogP contribution is 2.34. The van der Waals surface area contributed by atoms with Crippen molar-refractivity contribution in [1.82, 2.24) is 0 Å². The Morgan fingerprint density at radius 1 is 1.18 bits per heavy atom. The minimum absolute atomic E-state index is 0.0825. The van der Waals surface area contributed by atoms with Gasteiger partial charge < -0.3 is 14.1 Å².